The highest BCUT2D eigenvalue weighted by Gasteiger charge is 2.12. The summed E-state index contributed by atoms with van der Waals surface area (Å²) in [7, 11) is 0. The molecule has 0 aliphatic heterocycles. The van der Waals surface area contributed by atoms with E-state index in [1.807, 2.05) is 37.7 Å². The molecule has 0 fully saturated rings. The molecular weight excluding hydrogens is 240 g/mol. The first-order valence-electron chi connectivity index (χ1n) is 6.95. The Morgan fingerprint density at radius 1 is 1.42 bits per heavy atom. The minimum atomic E-state index is -0.156. The third-order valence-electron chi connectivity index (χ3n) is 2.59. The Morgan fingerprint density at radius 2 is 2.16 bits per heavy atom. The zero-order valence-corrected chi connectivity index (χ0v) is 12.5. The van der Waals surface area contributed by atoms with Crippen LogP contribution in [0.3, 0.4) is 0 Å². The van der Waals surface area contributed by atoms with Gasteiger partial charge in [0.05, 0.1) is 5.69 Å². The zero-order valence-electron chi connectivity index (χ0n) is 12.5. The van der Waals surface area contributed by atoms with Gasteiger partial charge in [-0.2, -0.15) is 5.10 Å². The average Bonchev–Trinajstić information content (AvgIpc) is 2.70. The lowest BCUT2D eigenvalue weighted by atomic mass is 10.1. The van der Waals surface area contributed by atoms with Gasteiger partial charge in [-0.25, -0.2) is 0 Å². The standard InChI is InChI=1S/C14H26N4O/c1-5-10-18-12(6-9-16-18)11-15-8-7-13(19)17-14(2,3)4/h6,9,15H,5,7-8,10-11H2,1-4H3,(H,17,19). The van der Waals surface area contributed by atoms with Gasteiger partial charge in [-0.1, -0.05) is 6.92 Å². The predicted octanol–water partition coefficient (Wildman–Crippen LogP) is 1.69. The normalized spacial score (nSPS) is 11.6. The van der Waals surface area contributed by atoms with Gasteiger partial charge in [0.1, 0.15) is 0 Å². The van der Waals surface area contributed by atoms with Crippen molar-refractivity contribution in [1.29, 1.82) is 0 Å². The molecule has 1 amide bonds. The number of amides is 1. The number of hydrogen-bond donors (Lipinski definition) is 2. The Bertz CT molecular complexity index is 392. The summed E-state index contributed by atoms with van der Waals surface area (Å²) in [6, 6.07) is 2.01. The maximum absolute atomic E-state index is 11.6. The topological polar surface area (TPSA) is 59.0 Å². The SMILES string of the molecule is CCCn1nccc1CNCCC(=O)NC(C)(C)C. The van der Waals surface area contributed by atoms with Crippen molar-refractivity contribution in [2.45, 2.75) is 59.2 Å². The molecule has 0 unspecified atom stereocenters. The molecule has 19 heavy (non-hydrogen) atoms. The first kappa shape index (κ1) is 15.7. The number of nitrogens with one attached hydrogen (secondary N) is 2. The maximum Gasteiger partial charge on any atom is 0.221 e. The van der Waals surface area contributed by atoms with Crippen LogP contribution in [0, 0.1) is 0 Å². The third-order valence-corrected chi connectivity index (χ3v) is 2.59. The Balaban J connectivity index is 2.23. The summed E-state index contributed by atoms with van der Waals surface area (Å²) in [5.41, 5.74) is 1.01. The molecule has 0 atom stereocenters. The summed E-state index contributed by atoms with van der Waals surface area (Å²) in [4.78, 5) is 11.6. The van der Waals surface area contributed by atoms with Gasteiger partial charge in [0.2, 0.25) is 5.91 Å². The van der Waals surface area contributed by atoms with Gasteiger partial charge in [0, 0.05) is 37.8 Å². The van der Waals surface area contributed by atoms with E-state index >= 15 is 0 Å². The van der Waals surface area contributed by atoms with E-state index in [2.05, 4.69) is 22.7 Å². The largest absolute Gasteiger partial charge is 0.351 e. The summed E-state index contributed by atoms with van der Waals surface area (Å²) in [6.07, 6.45) is 3.39. The average molecular weight is 266 g/mol. The predicted molar refractivity (Wildman–Crippen MR) is 76.7 cm³/mol. The number of rotatable bonds is 7. The van der Waals surface area contributed by atoms with E-state index in [9.17, 15) is 4.79 Å². The number of carbonyl (C=O) groups excluding carboxylic acids is 1. The van der Waals surface area contributed by atoms with Crippen LogP contribution in [-0.2, 0) is 17.9 Å². The van der Waals surface area contributed by atoms with Crippen molar-refractivity contribution in [3.05, 3.63) is 18.0 Å². The fraction of sp³-hybridized carbons (Fsp3) is 0.714. The van der Waals surface area contributed by atoms with E-state index in [0.29, 0.717) is 13.0 Å². The van der Waals surface area contributed by atoms with Crippen molar-refractivity contribution < 1.29 is 4.79 Å². The van der Waals surface area contributed by atoms with Gasteiger partial charge in [-0.05, 0) is 33.3 Å². The molecular formula is C14H26N4O. The highest BCUT2D eigenvalue weighted by molar-refractivity contribution is 5.76. The van der Waals surface area contributed by atoms with Gasteiger partial charge in [0.25, 0.3) is 0 Å². The van der Waals surface area contributed by atoms with Crippen LogP contribution in [-0.4, -0.2) is 27.8 Å². The second-order valence-electron chi connectivity index (χ2n) is 5.77. The fourth-order valence-corrected chi connectivity index (χ4v) is 1.82. The molecule has 0 radical (unpaired) electrons. The van der Waals surface area contributed by atoms with Crippen molar-refractivity contribution in [3.8, 4) is 0 Å². The van der Waals surface area contributed by atoms with Crippen molar-refractivity contribution in [2.75, 3.05) is 6.54 Å². The third kappa shape index (κ3) is 6.38. The van der Waals surface area contributed by atoms with E-state index in [-0.39, 0.29) is 11.4 Å². The first-order valence-corrected chi connectivity index (χ1v) is 6.95. The number of nitrogens with zero attached hydrogens (tertiary/aromatic N) is 2. The highest BCUT2D eigenvalue weighted by Crippen LogP contribution is 2.01. The summed E-state index contributed by atoms with van der Waals surface area (Å²) in [5.74, 6) is 0.0852. The number of carbonyl (C=O) groups is 1. The van der Waals surface area contributed by atoms with Crippen LogP contribution in [0.4, 0.5) is 0 Å². The highest BCUT2D eigenvalue weighted by atomic mass is 16.1. The molecule has 0 saturated heterocycles. The summed E-state index contributed by atoms with van der Waals surface area (Å²) in [6.45, 7) is 10.5. The molecule has 0 saturated carbocycles. The molecule has 0 aliphatic carbocycles. The van der Waals surface area contributed by atoms with Crippen molar-refractivity contribution >= 4 is 5.91 Å². The number of aromatic nitrogens is 2. The molecule has 0 bridgehead atoms. The molecule has 0 aliphatic rings. The van der Waals surface area contributed by atoms with E-state index < -0.39 is 0 Å². The molecule has 2 N–H and O–H groups in total. The van der Waals surface area contributed by atoms with Gasteiger partial charge in [0.15, 0.2) is 0 Å². The molecule has 108 valence electrons. The smallest absolute Gasteiger partial charge is 0.221 e. The van der Waals surface area contributed by atoms with Gasteiger partial charge >= 0.3 is 0 Å². The quantitative estimate of drug-likeness (QED) is 0.738. The van der Waals surface area contributed by atoms with Crippen molar-refractivity contribution in [2.24, 2.45) is 0 Å². The first-order chi connectivity index (χ1) is 8.92. The summed E-state index contributed by atoms with van der Waals surface area (Å²) in [5, 5.41) is 10.5. The maximum atomic E-state index is 11.6. The molecule has 1 rings (SSSR count). The minimum Gasteiger partial charge on any atom is -0.351 e. The van der Waals surface area contributed by atoms with Crippen molar-refractivity contribution in [3.63, 3.8) is 0 Å². The lowest BCUT2D eigenvalue weighted by Gasteiger charge is -2.20. The van der Waals surface area contributed by atoms with E-state index in [1.54, 1.807) is 0 Å². The van der Waals surface area contributed by atoms with Crippen LogP contribution in [0.5, 0.6) is 0 Å². The molecule has 0 aromatic carbocycles. The molecule has 5 nitrogen and oxygen atoms in total. The number of hydrogen-bond acceptors (Lipinski definition) is 3. The van der Waals surface area contributed by atoms with Crippen LogP contribution < -0.4 is 10.6 Å². The fourth-order valence-electron chi connectivity index (χ4n) is 1.82. The van der Waals surface area contributed by atoms with Gasteiger partial charge in [-0.3, -0.25) is 9.48 Å². The monoisotopic (exact) mass is 266 g/mol. The molecule has 1 aromatic rings. The van der Waals surface area contributed by atoms with E-state index in [4.69, 9.17) is 0 Å². The van der Waals surface area contributed by atoms with E-state index in [1.165, 1.54) is 0 Å². The summed E-state index contributed by atoms with van der Waals surface area (Å²) >= 11 is 0. The van der Waals surface area contributed by atoms with Crippen LogP contribution >= 0.6 is 0 Å². The molecule has 1 heterocycles. The van der Waals surface area contributed by atoms with E-state index in [0.717, 1.165) is 25.2 Å². The second-order valence-corrected chi connectivity index (χ2v) is 5.77. The van der Waals surface area contributed by atoms with Gasteiger partial charge in [-0.15, -0.1) is 0 Å². The summed E-state index contributed by atoms with van der Waals surface area (Å²) < 4.78 is 2.00. The Morgan fingerprint density at radius 3 is 2.79 bits per heavy atom. The van der Waals surface area contributed by atoms with Crippen LogP contribution in [0.15, 0.2) is 12.3 Å². The second kappa shape index (κ2) is 7.28. The lowest BCUT2D eigenvalue weighted by molar-refractivity contribution is -0.122. The Kier molecular flexibility index (Phi) is 6.02. The zero-order chi connectivity index (χ0) is 14.3. The lowest BCUT2D eigenvalue weighted by Crippen LogP contribution is -2.41. The number of aryl methyl sites for hydroxylation is 1. The van der Waals surface area contributed by atoms with Gasteiger partial charge < -0.3 is 10.6 Å². The van der Waals surface area contributed by atoms with Crippen LogP contribution in [0.2, 0.25) is 0 Å². The van der Waals surface area contributed by atoms with Crippen LogP contribution in [0.1, 0.15) is 46.2 Å². The molecule has 0 spiro atoms. The Hall–Kier alpha value is -1.36. The van der Waals surface area contributed by atoms with Crippen LogP contribution in [0.25, 0.3) is 0 Å². The van der Waals surface area contributed by atoms with Crippen molar-refractivity contribution in [1.82, 2.24) is 20.4 Å². The minimum absolute atomic E-state index is 0.0852. The molecule has 5 heteroatoms. The molecule has 1 aromatic heterocycles. The Labute approximate surface area is 115 Å².